The van der Waals surface area contributed by atoms with Crippen LogP contribution in [0.3, 0.4) is 0 Å². The third-order valence-corrected chi connectivity index (χ3v) is 3.94. The van der Waals surface area contributed by atoms with Crippen molar-refractivity contribution in [2.24, 2.45) is 11.3 Å². The summed E-state index contributed by atoms with van der Waals surface area (Å²) in [4.78, 5) is 24.7. The van der Waals surface area contributed by atoms with Crippen LogP contribution in [0.15, 0.2) is 0 Å². The zero-order valence-electron chi connectivity index (χ0n) is 13.9. The second-order valence-corrected chi connectivity index (χ2v) is 7.79. The lowest BCUT2D eigenvalue weighted by Crippen LogP contribution is -2.43. The third-order valence-electron chi connectivity index (χ3n) is 3.94. The molecule has 5 heteroatoms. The van der Waals surface area contributed by atoms with E-state index in [0.717, 1.165) is 12.8 Å². The summed E-state index contributed by atoms with van der Waals surface area (Å²) in [6, 6.07) is 0. The molecular weight excluding hydrogens is 270 g/mol. The Kier molecular flexibility index (Phi) is 5.65. The maximum absolute atomic E-state index is 12.2. The lowest BCUT2D eigenvalue weighted by molar-refractivity contribution is -0.143. The van der Waals surface area contributed by atoms with E-state index >= 15 is 0 Å². The van der Waals surface area contributed by atoms with Crippen molar-refractivity contribution < 1.29 is 19.4 Å². The molecule has 0 aliphatic carbocycles. The Bertz CT molecular complexity index is 376. The lowest BCUT2D eigenvalue weighted by Gasteiger charge is -2.34. The SMILES string of the molecule is CC(C)(C)CCC(C)(C)OC(=O)N1CCC(C(=O)O)CC1. The van der Waals surface area contributed by atoms with E-state index in [1.807, 2.05) is 13.8 Å². The van der Waals surface area contributed by atoms with Crippen LogP contribution < -0.4 is 0 Å². The maximum atomic E-state index is 12.2. The van der Waals surface area contributed by atoms with Crippen molar-refractivity contribution in [1.29, 1.82) is 0 Å². The van der Waals surface area contributed by atoms with E-state index < -0.39 is 11.6 Å². The topological polar surface area (TPSA) is 66.8 Å². The Hall–Kier alpha value is -1.26. The van der Waals surface area contributed by atoms with E-state index in [2.05, 4.69) is 20.8 Å². The quantitative estimate of drug-likeness (QED) is 0.862. The molecule has 1 fully saturated rings. The summed E-state index contributed by atoms with van der Waals surface area (Å²) >= 11 is 0. The number of rotatable bonds is 4. The highest BCUT2D eigenvalue weighted by atomic mass is 16.6. The van der Waals surface area contributed by atoms with Crippen LogP contribution in [0.5, 0.6) is 0 Å². The van der Waals surface area contributed by atoms with Gasteiger partial charge in [0.15, 0.2) is 0 Å². The molecule has 0 bridgehead atoms. The molecule has 0 spiro atoms. The number of nitrogens with zero attached hydrogens (tertiary/aromatic N) is 1. The van der Waals surface area contributed by atoms with Crippen LogP contribution in [0.1, 0.15) is 60.3 Å². The summed E-state index contributed by atoms with van der Waals surface area (Å²) < 4.78 is 5.61. The van der Waals surface area contributed by atoms with Gasteiger partial charge in [-0.05, 0) is 44.9 Å². The number of ether oxygens (including phenoxy) is 1. The second-order valence-electron chi connectivity index (χ2n) is 7.79. The molecule has 1 rings (SSSR count). The van der Waals surface area contributed by atoms with Crippen LogP contribution in [0.25, 0.3) is 0 Å². The fourth-order valence-electron chi connectivity index (χ4n) is 2.34. The zero-order chi connectivity index (χ0) is 16.3. The number of hydrogen-bond acceptors (Lipinski definition) is 3. The Balaban J connectivity index is 2.44. The molecule has 1 aliphatic heterocycles. The minimum atomic E-state index is -0.770. The van der Waals surface area contributed by atoms with Crippen LogP contribution >= 0.6 is 0 Å². The number of amides is 1. The molecule has 122 valence electrons. The van der Waals surface area contributed by atoms with Gasteiger partial charge in [0.2, 0.25) is 0 Å². The molecule has 0 atom stereocenters. The van der Waals surface area contributed by atoms with E-state index in [1.54, 1.807) is 4.90 Å². The molecule has 5 nitrogen and oxygen atoms in total. The van der Waals surface area contributed by atoms with Gasteiger partial charge >= 0.3 is 12.1 Å². The number of likely N-dealkylation sites (tertiary alicyclic amines) is 1. The first-order chi connectivity index (χ1) is 9.50. The fraction of sp³-hybridized carbons (Fsp3) is 0.875. The standard InChI is InChI=1S/C16H29NO4/c1-15(2,3)8-9-16(4,5)21-14(20)17-10-6-12(7-11-17)13(18)19/h12H,6-11H2,1-5H3,(H,18,19). The monoisotopic (exact) mass is 299 g/mol. The summed E-state index contributed by atoms with van der Waals surface area (Å²) in [5.41, 5.74) is -0.280. The molecule has 1 amide bonds. The second kappa shape index (κ2) is 6.67. The van der Waals surface area contributed by atoms with Gasteiger partial charge < -0.3 is 14.7 Å². The number of carbonyl (C=O) groups excluding carboxylic acids is 1. The number of aliphatic carboxylic acids is 1. The van der Waals surface area contributed by atoms with Gasteiger partial charge in [0.1, 0.15) is 5.60 Å². The van der Waals surface area contributed by atoms with Crippen LogP contribution in [0.4, 0.5) is 4.79 Å². The zero-order valence-corrected chi connectivity index (χ0v) is 13.9. The van der Waals surface area contributed by atoms with Crippen LogP contribution in [0, 0.1) is 11.3 Å². The van der Waals surface area contributed by atoms with E-state index in [9.17, 15) is 9.59 Å². The van der Waals surface area contributed by atoms with E-state index in [-0.39, 0.29) is 17.4 Å². The first kappa shape index (κ1) is 17.8. The predicted molar refractivity (Wildman–Crippen MR) is 81.2 cm³/mol. The van der Waals surface area contributed by atoms with E-state index in [1.165, 1.54) is 0 Å². The lowest BCUT2D eigenvalue weighted by atomic mass is 9.86. The van der Waals surface area contributed by atoms with Gasteiger partial charge in [-0.1, -0.05) is 20.8 Å². The Labute approximate surface area is 127 Å². The molecule has 1 saturated heterocycles. The number of carboxylic acids is 1. The molecule has 21 heavy (non-hydrogen) atoms. The smallest absolute Gasteiger partial charge is 0.410 e. The minimum Gasteiger partial charge on any atom is -0.481 e. The van der Waals surface area contributed by atoms with Gasteiger partial charge in [0.25, 0.3) is 0 Å². The van der Waals surface area contributed by atoms with Crippen molar-refractivity contribution in [3.05, 3.63) is 0 Å². The van der Waals surface area contributed by atoms with Crippen LogP contribution in [0.2, 0.25) is 0 Å². The molecule has 0 unspecified atom stereocenters. The summed E-state index contributed by atoms with van der Waals surface area (Å²) in [5.74, 6) is -1.10. The van der Waals surface area contributed by atoms with E-state index in [4.69, 9.17) is 9.84 Å². The Morgan fingerprint density at radius 3 is 2.05 bits per heavy atom. The average molecular weight is 299 g/mol. The van der Waals surface area contributed by atoms with Crippen molar-refractivity contribution in [2.75, 3.05) is 13.1 Å². The highest BCUT2D eigenvalue weighted by Crippen LogP contribution is 2.28. The van der Waals surface area contributed by atoms with E-state index in [0.29, 0.717) is 25.9 Å². The highest BCUT2D eigenvalue weighted by Gasteiger charge is 2.31. The molecule has 0 radical (unpaired) electrons. The molecule has 0 saturated carbocycles. The number of carbonyl (C=O) groups is 2. The van der Waals surface area contributed by atoms with Gasteiger partial charge in [0, 0.05) is 13.1 Å². The molecule has 1 N–H and O–H groups in total. The highest BCUT2D eigenvalue weighted by molar-refractivity contribution is 5.71. The third kappa shape index (κ3) is 6.36. The van der Waals surface area contributed by atoms with Crippen molar-refractivity contribution >= 4 is 12.1 Å². The van der Waals surface area contributed by atoms with Crippen molar-refractivity contribution in [1.82, 2.24) is 4.90 Å². The Morgan fingerprint density at radius 2 is 1.62 bits per heavy atom. The maximum Gasteiger partial charge on any atom is 0.410 e. The van der Waals surface area contributed by atoms with Gasteiger partial charge in [-0.15, -0.1) is 0 Å². The fourth-order valence-corrected chi connectivity index (χ4v) is 2.34. The summed E-state index contributed by atoms with van der Waals surface area (Å²) in [5, 5.41) is 8.96. The first-order valence-electron chi connectivity index (χ1n) is 7.71. The van der Waals surface area contributed by atoms with Crippen molar-refractivity contribution in [2.45, 2.75) is 65.9 Å². The number of piperidine rings is 1. The molecular formula is C16H29NO4. The molecule has 0 aromatic rings. The number of hydrogen-bond donors (Lipinski definition) is 1. The normalized spacial score (nSPS) is 17.7. The average Bonchev–Trinajstić information content (AvgIpc) is 2.35. The Morgan fingerprint density at radius 1 is 1.10 bits per heavy atom. The van der Waals surface area contributed by atoms with Crippen molar-refractivity contribution in [3.63, 3.8) is 0 Å². The minimum absolute atomic E-state index is 0.212. The van der Waals surface area contributed by atoms with Gasteiger partial charge in [-0.25, -0.2) is 4.79 Å². The molecule has 0 aromatic heterocycles. The van der Waals surface area contributed by atoms with Gasteiger partial charge in [0.05, 0.1) is 5.92 Å². The van der Waals surface area contributed by atoms with Gasteiger partial charge in [-0.3, -0.25) is 4.79 Å². The summed E-state index contributed by atoms with van der Waals surface area (Å²) in [6.07, 6.45) is 2.49. The van der Waals surface area contributed by atoms with Crippen molar-refractivity contribution in [3.8, 4) is 0 Å². The predicted octanol–water partition coefficient (Wildman–Crippen LogP) is 3.52. The van der Waals surface area contributed by atoms with Crippen LogP contribution in [-0.2, 0) is 9.53 Å². The molecule has 1 aliphatic rings. The molecule has 1 heterocycles. The van der Waals surface area contributed by atoms with Gasteiger partial charge in [-0.2, -0.15) is 0 Å². The largest absolute Gasteiger partial charge is 0.481 e. The summed E-state index contributed by atoms with van der Waals surface area (Å²) in [6.45, 7) is 11.3. The summed E-state index contributed by atoms with van der Waals surface area (Å²) in [7, 11) is 0. The number of carboxylic acid groups (broad SMARTS) is 1. The first-order valence-corrected chi connectivity index (χ1v) is 7.71. The molecule has 0 aromatic carbocycles. The van der Waals surface area contributed by atoms with Crippen LogP contribution in [-0.4, -0.2) is 40.8 Å².